The number of hydrogen-bond donors (Lipinski definition) is 1. The van der Waals surface area contributed by atoms with Crippen molar-refractivity contribution >= 4 is 17.2 Å². The van der Waals surface area contributed by atoms with Crippen molar-refractivity contribution in [2.75, 3.05) is 0 Å². The molecule has 3 aromatic rings. The minimum absolute atomic E-state index is 0.0791. The van der Waals surface area contributed by atoms with Crippen LogP contribution in [0.1, 0.15) is 46.5 Å². The molecule has 2 heterocycles. The molecule has 0 radical (unpaired) electrons. The van der Waals surface area contributed by atoms with Crippen LogP contribution in [0.4, 0.5) is 4.39 Å². The van der Waals surface area contributed by atoms with Gasteiger partial charge in [-0.25, -0.2) is 14.1 Å². The number of aryl methyl sites for hydroxylation is 1. The molecule has 1 aromatic carbocycles. The summed E-state index contributed by atoms with van der Waals surface area (Å²) in [6.45, 7) is 6.30. The molecule has 0 atom stereocenters. The van der Waals surface area contributed by atoms with Gasteiger partial charge in [0, 0.05) is 11.1 Å². The van der Waals surface area contributed by atoms with E-state index in [1.807, 2.05) is 26.2 Å². The molecule has 3 rings (SSSR count). The first-order chi connectivity index (χ1) is 12.0. The zero-order valence-corrected chi connectivity index (χ0v) is 15.1. The Labute approximate surface area is 149 Å². The number of benzene rings is 1. The highest BCUT2D eigenvalue weighted by Crippen LogP contribution is 2.23. The van der Waals surface area contributed by atoms with Crippen molar-refractivity contribution in [2.24, 2.45) is 0 Å². The molecule has 0 saturated heterocycles. The number of carbonyl (C=O) groups excluding carboxylic acids is 1. The summed E-state index contributed by atoms with van der Waals surface area (Å²) in [5.74, 6) is -0.418. The van der Waals surface area contributed by atoms with Gasteiger partial charge in [0.2, 0.25) is 0 Å². The SMILES string of the molecule is Cc1csc(CNC(=O)c2cnn(-c3ccc(F)cc3)c2C(C)C)n1. The molecule has 0 aliphatic carbocycles. The van der Waals surface area contributed by atoms with Crippen molar-refractivity contribution in [2.45, 2.75) is 33.2 Å². The zero-order valence-electron chi connectivity index (χ0n) is 14.3. The molecule has 0 spiro atoms. The quantitative estimate of drug-likeness (QED) is 0.754. The van der Waals surface area contributed by atoms with E-state index in [-0.39, 0.29) is 17.6 Å². The summed E-state index contributed by atoms with van der Waals surface area (Å²) in [5, 5.41) is 10.0. The smallest absolute Gasteiger partial charge is 0.255 e. The van der Waals surface area contributed by atoms with E-state index in [1.54, 1.807) is 23.0 Å². The molecule has 0 aliphatic rings. The van der Waals surface area contributed by atoms with Gasteiger partial charge in [-0.1, -0.05) is 13.8 Å². The molecule has 0 aliphatic heterocycles. The minimum atomic E-state index is -0.307. The minimum Gasteiger partial charge on any atom is -0.345 e. The van der Waals surface area contributed by atoms with Crippen molar-refractivity contribution < 1.29 is 9.18 Å². The Bertz CT molecular complexity index is 883. The van der Waals surface area contributed by atoms with Crippen molar-refractivity contribution in [1.29, 1.82) is 0 Å². The van der Waals surface area contributed by atoms with Gasteiger partial charge < -0.3 is 5.32 Å². The van der Waals surface area contributed by atoms with Crippen molar-refractivity contribution in [3.8, 4) is 5.69 Å². The Hall–Kier alpha value is -2.54. The van der Waals surface area contributed by atoms with E-state index in [1.165, 1.54) is 23.5 Å². The van der Waals surface area contributed by atoms with Crippen LogP contribution in [0.25, 0.3) is 5.69 Å². The topological polar surface area (TPSA) is 59.8 Å². The van der Waals surface area contributed by atoms with Crippen LogP contribution in [0.3, 0.4) is 0 Å². The maximum absolute atomic E-state index is 13.2. The van der Waals surface area contributed by atoms with Crippen LogP contribution in [0.5, 0.6) is 0 Å². The summed E-state index contributed by atoms with van der Waals surface area (Å²) in [4.78, 5) is 16.9. The molecule has 25 heavy (non-hydrogen) atoms. The average molecular weight is 358 g/mol. The van der Waals surface area contributed by atoms with Crippen LogP contribution in [-0.4, -0.2) is 20.7 Å². The number of thiazole rings is 1. The lowest BCUT2D eigenvalue weighted by Gasteiger charge is -2.12. The predicted molar refractivity (Wildman–Crippen MR) is 95.6 cm³/mol. The standard InChI is InChI=1S/C18H19FN4OS/c1-11(2)17-15(18(24)20-9-16-22-12(3)10-25-16)8-21-23(17)14-6-4-13(19)5-7-14/h4-8,10-11H,9H2,1-3H3,(H,20,24). The Morgan fingerprint density at radius 2 is 2.04 bits per heavy atom. The van der Waals surface area contributed by atoms with Crippen LogP contribution in [0.2, 0.25) is 0 Å². The maximum atomic E-state index is 13.2. The molecule has 2 aromatic heterocycles. The molecule has 0 bridgehead atoms. The molecule has 0 fully saturated rings. The molecule has 1 N–H and O–H groups in total. The van der Waals surface area contributed by atoms with Gasteiger partial charge in [0.15, 0.2) is 0 Å². The van der Waals surface area contributed by atoms with Gasteiger partial charge in [0.05, 0.1) is 29.7 Å². The van der Waals surface area contributed by atoms with E-state index in [0.29, 0.717) is 12.1 Å². The Morgan fingerprint density at radius 1 is 1.32 bits per heavy atom. The van der Waals surface area contributed by atoms with Crippen LogP contribution < -0.4 is 5.32 Å². The van der Waals surface area contributed by atoms with Gasteiger partial charge in [-0.2, -0.15) is 5.10 Å². The summed E-state index contributed by atoms with van der Waals surface area (Å²) < 4.78 is 14.8. The lowest BCUT2D eigenvalue weighted by Crippen LogP contribution is -2.24. The monoisotopic (exact) mass is 358 g/mol. The molecular weight excluding hydrogens is 339 g/mol. The number of rotatable bonds is 5. The van der Waals surface area contributed by atoms with Crippen LogP contribution in [0, 0.1) is 12.7 Å². The van der Waals surface area contributed by atoms with E-state index < -0.39 is 0 Å². The van der Waals surface area contributed by atoms with Gasteiger partial charge in [-0.3, -0.25) is 4.79 Å². The lowest BCUT2D eigenvalue weighted by molar-refractivity contribution is 0.0949. The lowest BCUT2D eigenvalue weighted by atomic mass is 10.1. The fourth-order valence-corrected chi connectivity index (χ4v) is 3.32. The molecule has 0 saturated carbocycles. The number of aromatic nitrogens is 3. The van der Waals surface area contributed by atoms with Crippen molar-refractivity contribution in [3.05, 3.63) is 63.6 Å². The first kappa shape index (κ1) is 17.3. The van der Waals surface area contributed by atoms with Gasteiger partial charge in [-0.05, 0) is 37.1 Å². The summed E-state index contributed by atoms with van der Waals surface area (Å²) >= 11 is 1.52. The Balaban J connectivity index is 1.85. The van der Waals surface area contributed by atoms with E-state index in [9.17, 15) is 9.18 Å². The molecule has 0 unspecified atom stereocenters. The van der Waals surface area contributed by atoms with Crippen LogP contribution in [-0.2, 0) is 6.54 Å². The molecule has 5 nitrogen and oxygen atoms in total. The third kappa shape index (κ3) is 3.76. The van der Waals surface area contributed by atoms with E-state index in [0.717, 1.165) is 22.1 Å². The number of nitrogens with one attached hydrogen (secondary N) is 1. The number of carbonyl (C=O) groups is 1. The first-order valence-corrected chi connectivity index (χ1v) is 8.86. The largest absolute Gasteiger partial charge is 0.345 e. The number of amides is 1. The van der Waals surface area contributed by atoms with Gasteiger partial charge >= 0.3 is 0 Å². The van der Waals surface area contributed by atoms with Gasteiger partial charge in [0.1, 0.15) is 10.8 Å². The third-order valence-corrected chi connectivity index (χ3v) is 4.70. The second kappa shape index (κ2) is 7.14. The Kier molecular flexibility index (Phi) is 4.94. The highest BCUT2D eigenvalue weighted by atomic mass is 32.1. The summed E-state index contributed by atoms with van der Waals surface area (Å²) in [5.41, 5.74) is 2.98. The highest BCUT2D eigenvalue weighted by molar-refractivity contribution is 7.09. The van der Waals surface area contributed by atoms with E-state index >= 15 is 0 Å². The van der Waals surface area contributed by atoms with Crippen molar-refractivity contribution in [3.63, 3.8) is 0 Å². The highest BCUT2D eigenvalue weighted by Gasteiger charge is 2.21. The second-order valence-corrected chi connectivity index (χ2v) is 6.99. The van der Waals surface area contributed by atoms with Gasteiger partial charge in [-0.15, -0.1) is 11.3 Å². The van der Waals surface area contributed by atoms with Crippen molar-refractivity contribution in [1.82, 2.24) is 20.1 Å². The molecule has 130 valence electrons. The maximum Gasteiger partial charge on any atom is 0.255 e. The fraction of sp³-hybridized carbons (Fsp3) is 0.278. The van der Waals surface area contributed by atoms with E-state index in [2.05, 4.69) is 15.4 Å². The summed E-state index contributed by atoms with van der Waals surface area (Å²) in [6.07, 6.45) is 1.56. The van der Waals surface area contributed by atoms with Gasteiger partial charge in [0.25, 0.3) is 5.91 Å². The fourth-order valence-electron chi connectivity index (χ4n) is 2.61. The van der Waals surface area contributed by atoms with E-state index in [4.69, 9.17) is 0 Å². The zero-order chi connectivity index (χ0) is 18.0. The second-order valence-electron chi connectivity index (χ2n) is 6.05. The average Bonchev–Trinajstić information content (AvgIpc) is 3.19. The first-order valence-electron chi connectivity index (χ1n) is 7.98. The normalized spacial score (nSPS) is 11.1. The number of halogens is 1. The molecule has 1 amide bonds. The summed E-state index contributed by atoms with van der Waals surface area (Å²) in [7, 11) is 0. The number of nitrogens with zero attached hydrogens (tertiary/aromatic N) is 3. The molecule has 7 heteroatoms. The molecular formula is C18H19FN4OS. The number of hydrogen-bond acceptors (Lipinski definition) is 4. The predicted octanol–water partition coefficient (Wildman–Crippen LogP) is 3.83. The van der Waals surface area contributed by atoms with Crippen LogP contribution in [0.15, 0.2) is 35.8 Å². The summed E-state index contributed by atoms with van der Waals surface area (Å²) in [6, 6.07) is 6.06. The van der Waals surface area contributed by atoms with Crippen LogP contribution >= 0.6 is 11.3 Å². The Morgan fingerprint density at radius 3 is 2.64 bits per heavy atom. The third-order valence-electron chi connectivity index (χ3n) is 3.74.